The number of hydrogen-bond donors (Lipinski definition) is 0. The maximum Gasteiger partial charge on any atom is 0.299 e. The first kappa shape index (κ1) is 10.5. The lowest BCUT2D eigenvalue weighted by molar-refractivity contribution is -0.116. The van der Waals surface area contributed by atoms with Gasteiger partial charge in [0.2, 0.25) is 0 Å². The summed E-state index contributed by atoms with van der Waals surface area (Å²) in [4.78, 5) is 10.4. The number of rotatable bonds is 2. The fourth-order valence-corrected chi connectivity index (χ4v) is 1.57. The molecule has 74 valence electrons. The highest BCUT2D eigenvalue weighted by atomic mass is 32.2. The number of benzene rings is 1. The van der Waals surface area contributed by atoms with Gasteiger partial charge in [0.15, 0.2) is 0 Å². The molecule has 14 heavy (non-hydrogen) atoms. The van der Waals surface area contributed by atoms with Crippen LogP contribution in [0.3, 0.4) is 0 Å². The van der Waals surface area contributed by atoms with Crippen LogP contribution < -0.4 is 0 Å². The van der Waals surface area contributed by atoms with Crippen LogP contribution in [0.1, 0.15) is 6.92 Å². The summed E-state index contributed by atoms with van der Waals surface area (Å²) in [6.45, 7) is 1.13. The third-order valence-electron chi connectivity index (χ3n) is 1.33. The second-order valence-corrected chi connectivity index (χ2v) is 4.07. The molecule has 0 atom stereocenters. The number of carbonyl (C=O) groups is 1. The molecular formula is C8H8N2O3S. The average molecular weight is 212 g/mol. The van der Waals surface area contributed by atoms with E-state index in [9.17, 15) is 13.2 Å². The third-order valence-corrected chi connectivity index (χ3v) is 2.49. The minimum Gasteiger partial charge on any atom is -0.271 e. The van der Waals surface area contributed by atoms with Gasteiger partial charge in [0.05, 0.1) is 4.90 Å². The predicted octanol–water partition coefficient (Wildman–Crippen LogP) is 1.37. The summed E-state index contributed by atoms with van der Waals surface area (Å²) in [5.41, 5.74) is 0. The van der Waals surface area contributed by atoms with E-state index in [2.05, 4.69) is 9.63 Å². The summed E-state index contributed by atoms with van der Waals surface area (Å²) in [7, 11) is -3.82. The summed E-state index contributed by atoms with van der Waals surface area (Å²) in [5.74, 6) is -0.649. The number of hydrogen-bond acceptors (Lipinski definition) is 3. The topological polar surface area (TPSA) is 75.9 Å². The molecule has 1 aromatic rings. The normalized spacial score (nSPS) is 11.8. The van der Waals surface area contributed by atoms with E-state index in [1.807, 2.05) is 0 Å². The Bertz CT molecular complexity index is 451. The molecule has 1 amide bonds. The van der Waals surface area contributed by atoms with Crippen molar-refractivity contribution in [1.29, 1.82) is 0 Å². The summed E-state index contributed by atoms with van der Waals surface area (Å²) in [5, 5.41) is 2.97. The lowest BCUT2D eigenvalue weighted by Crippen LogP contribution is -1.96. The zero-order valence-electron chi connectivity index (χ0n) is 7.41. The summed E-state index contributed by atoms with van der Waals surface area (Å²) in [6.07, 6.45) is 0. The minimum absolute atomic E-state index is 0.0185. The number of sulfonamides is 1. The molecule has 0 saturated carbocycles. The quantitative estimate of drug-likeness (QED) is 0.695. The zero-order valence-corrected chi connectivity index (χ0v) is 8.23. The fraction of sp³-hybridized carbons (Fsp3) is 0.125. The Morgan fingerprint density at radius 2 is 1.79 bits per heavy atom. The van der Waals surface area contributed by atoms with Crippen molar-refractivity contribution in [2.75, 3.05) is 0 Å². The van der Waals surface area contributed by atoms with E-state index in [0.29, 0.717) is 0 Å². The van der Waals surface area contributed by atoms with Crippen molar-refractivity contribution >= 4 is 15.9 Å². The van der Waals surface area contributed by atoms with Gasteiger partial charge < -0.3 is 0 Å². The van der Waals surface area contributed by atoms with Gasteiger partial charge in [-0.05, 0) is 12.1 Å². The van der Waals surface area contributed by atoms with Gasteiger partial charge in [-0.25, -0.2) is 0 Å². The first-order valence-corrected chi connectivity index (χ1v) is 5.20. The Kier molecular flexibility index (Phi) is 3.08. The van der Waals surface area contributed by atoms with Gasteiger partial charge in [0, 0.05) is 6.92 Å². The van der Waals surface area contributed by atoms with Crippen LogP contribution in [0.5, 0.6) is 0 Å². The standard InChI is InChI=1S/C8H8N2O3S/c1-7(11)9-10-14(12,13)8-5-3-2-4-6-8/h2-6H,1H3. The molecule has 0 aliphatic carbocycles. The van der Waals surface area contributed by atoms with E-state index in [4.69, 9.17) is 0 Å². The molecule has 0 spiro atoms. The van der Waals surface area contributed by atoms with Gasteiger partial charge >= 0.3 is 0 Å². The van der Waals surface area contributed by atoms with Crippen LogP contribution in [0, 0.1) is 0 Å². The largest absolute Gasteiger partial charge is 0.299 e. The van der Waals surface area contributed by atoms with Gasteiger partial charge in [-0.15, -0.1) is 0 Å². The maximum atomic E-state index is 11.3. The molecule has 0 fully saturated rings. The Balaban J connectivity index is 3.05. The molecule has 0 saturated heterocycles. The molecule has 0 heterocycles. The Hall–Kier alpha value is -1.56. The van der Waals surface area contributed by atoms with Crippen LogP contribution in [0.2, 0.25) is 0 Å². The average Bonchev–Trinajstić information content (AvgIpc) is 2.16. The molecular weight excluding hydrogens is 204 g/mol. The molecule has 5 nitrogen and oxygen atoms in total. The second kappa shape index (κ2) is 4.10. The molecule has 0 aromatic heterocycles. The van der Waals surface area contributed by atoms with E-state index < -0.39 is 15.9 Å². The number of nitrogens with zero attached hydrogens (tertiary/aromatic N) is 2. The first-order valence-electron chi connectivity index (χ1n) is 3.76. The Labute approximate surface area is 81.5 Å². The third kappa shape index (κ3) is 2.74. The number of amides is 1. The summed E-state index contributed by atoms with van der Waals surface area (Å²) < 4.78 is 25.6. The summed E-state index contributed by atoms with van der Waals surface area (Å²) in [6, 6.07) is 7.58. The van der Waals surface area contributed by atoms with Crippen molar-refractivity contribution in [2.24, 2.45) is 9.63 Å². The molecule has 0 bridgehead atoms. The molecule has 0 N–H and O–H groups in total. The predicted molar refractivity (Wildman–Crippen MR) is 49.2 cm³/mol. The van der Waals surface area contributed by atoms with Crippen LogP contribution in [0.25, 0.3) is 0 Å². The van der Waals surface area contributed by atoms with E-state index in [1.165, 1.54) is 12.1 Å². The highest BCUT2D eigenvalue weighted by molar-refractivity contribution is 7.90. The van der Waals surface area contributed by atoms with E-state index in [1.54, 1.807) is 18.2 Å². The molecule has 1 rings (SSSR count). The molecule has 6 heteroatoms. The second-order valence-electron chi connectivity index (χ2n) is 2.49. The van der Waals surface area contributed by atoms with Crippen LogP contribution in [-0.4, -0.2) is 14.3 Å². The first-order chi connectivity index (χ1) is 6.52. The van der Waals surface area contributed by atoms with Crippen molar-refractivity contribution in [2.45, 2.75) is 11.8 Å². The van der Waals surface area contributed by atoms with Crippen LogP contribution in [-0.2, 0) is 14.8 Å². The van der Waals surface area contributed by atoms with Gasteiger partial charge in [0.1, 0.15) is 0 Å². The SMILES string of the molecule is CC(=O)N=NS(=O)(=O)c1ccccc1. The zero-order chi connectivity index (χ0) is 10.6. The molecule has 0 aliphatic heterocycles. The van der Waals surface area contributed by atoms with Crippen molar-refractivity contribution in [1.82, 2.24) is 0 Å². The monoisotopic (exact) mass is 212 g/mol. The van der Waals surface area contributed by atoms with Crippen LogP contribution in [0.15, 0.2) is 44.9 Å². The van der Waals surface area contributed by atoms with Gasteiger partial charge in [-0.3, -0.25) is 4.79 Å². The molecule has 0 aliphatic rings. The van der Waals surface area contributed by atoms with Crippen molar-refractivity contribution in [3.63, 3.8) is 0 Å². The van der Waals surface area contributed by atoms with Crippen LogP contribution in [0.4, 0.5) is 0 Å². The molecule has 1 aromatic carbocycles. The van der Waals surface area contributed by atoms with Gasteiger partial charge in [-0.2, -0.15) is 8.42 Å². The van der Waals surface area contributed by atoms with Crippen molar-refractivity contribution in [3.05, 3.63) is 30.3 Å². The van der Waals surface area contributed by atoms with E-state index in [0.717, 1.165) is 6.92 Å². The summed E-state index contributed by atoms with van der Waals surface area (Å²) >= 11 is 0. The van der Waals surface area contributed by atoms with Crippen LogP contribution >= 0.6 is 0 Å². The van der Waals surface area contributed by atoms with Gasteiger partial charge in [-0.1, -0.05) is 27.8 Å². The van der Waals surface area contributed by atoms with Crippen molar-refractivity contribution < 1.29 is 13.2 Å². The van der Waals surface area contributed by atoms with E-state index in [-0.39, 0.29) is 4.90 Å². The lowest BCUT2D eigenvalue weighted by atomic mass is 10.4. The highest BCUT2D eigenvalue weighted by Crippen LogP contribution is 2.11. The molecule has 0 unspecified atom stereocenters. The lowest BCUT2D eigenvalue weighted by Gasteiger charge is -1.94. The molecule has 0 radical (unpaired) electrons. The highest BCUT2D eigenvalue weighted by Gasteiger charge is 2.11. The van der Waals surface area contributed by atoms with Crippen molar-refractivity contribution in [3.8, 4) is 0 Å². The Morgan fingerprint density at radius 3 is 2.29 bits per heavy atom. The maximum absolute atomic E-state index is 11.3. The minimum atomic E-state index is -3.82. The van der Waals surface area contributed by atoms with Gasteiger partial charge in [0.25, 0.3) is 15.9 Å². The fourth-order valence-electron chi connectivity index (χ4n) is 0.751. The smallest absolute Gasteiger partial charge is 0.271 e. The van der Waals surface area contributed by atoms with E-state index >= 15 is 0 Å². The number of carbonyl (C=O) groups excluding carboxylic acids is 1. The Morgan fingerprint density at radius 1 is 1.21 bits per heavy atom.